The van der Waals surface area contributed by atoms with Crippen molar-refractivity contribution in [2.75, 3.05) is 6.54 Å². The Bertz CT molecular complexity index is 130. The molecule has 0 rings (SSSR count). The zero-order chi connectivity index (χ0) is 8.91. The molecule has 0 aromatic rings. The molecule has 0 saturated carbocycles. The minimum absolute atomic E-state index is 0.0730. The van der Waals surface area contributed by atoms with Gasteiger partial charge in [0.25, 0.3) is 0 Å². The summed E-state index contributed by atoms with van der Waals surface area (Å²) < 4.78 is 0. The first-order valence-corrected chi connectivity index (χ1v) is 4.09. The van der Waals surface area contributed by atoms with Gasteiger partial charge in [0.1, 0.15) is 0 Å². The first-order chi connectivity index (χ1) is 5.08. The van der Waals surface area contributed by atoms with Gasteiger partial charge < -0.3 is 11.1 Å². The van der Waals surface area contributed by atoms with E-state index in [0.29, 0.717) is 0 Å². The third-order valence-corrected chi connectivity index (χ3v) is 2.19. The van der Waals surface area contributed by atoms with E-state index in [-0.39, 0.29) is 18.0 Å². The summed E-state index contributed by atoms with van der Waals surface area (Å²) in [6.45, 7) is 6.22. The van der Waals surface area contributed by atoms with Crippen LogP contribution in [0.5, 0.6) is 0 Å². The average Bonchev–Trinajstić information content (AvgIpc) is 2.04. The second kappa shape index (κ2) is 4.34. The second-order valence-corrected chi connectivity index (χ2v) is 3.02. The first kappa shape index (κ1) is 10.4. The zero-order valence-corrected chi connectivity index (χ0v) is 7.61. The van der Waals surface area contributed by atoms with Crippen LogP contribution in [-0.2, 0) is 4.79 Å². The summed E-state index contributed by atoms with van der Waals surface area (Å²) in [5.41, 5.74) is 5.10. The van der Waals surface area contributed by atoms with Crippen LogP contribution in [0.4, 0.5) is 0 Å². The Hall–Kier alpha value is -0.570. The van der Waals surface area contributed by atoms with Gasteiger partial charge in [-0.3, -0.25) is 4.79 Å². The molecule has 0 aliphatic carbocycles. The fourth-order valence-corrected chi connectivity index (χ4v) is 0.814. The van der Waals surface area contributed by atoms with Crippen LogP contribution in [0, 0.1) is 0 Å². The van der Waals surface area contributed by atoms with Gasteiger partial charge in [0.05, 0.1) is 6.54 Å². The standard InChI is InChI=1S/C8H18N2O/c1-4-8(3,5-2)10-7(11)6-9/h4-6,9H2,1-3H3,(H,10,11). The van der Waals surface area contributed by atoms with Crippen LogP contribution in [0.25, 0.3) is 0 Å². The molecule has 11 heavy (non-hydrogen) atoms. The topological polar surface area (TPSA) is 55.1 Å². The summed E-state index contributed by atoms with van der Waals surface area (Å²) in [6.07, 6.45) is 1.88. The van der Waals surface area contributed by atoms with Crippen molar-refractivity contribution < 1.29 is 4.79 Å². The van der Waals surface area contributed by atoms with Crippen molar-refractivity contribution in [3.05, 3.63) is 0 Å². The number of hydrogen-bond acceptors (Lipinski definition) is 2. The maximum Gasteiger partial charge on any atom is 0.234 e. The number of carbonyl (C=O) groups is 1. The van der Waals surface area contributed by atoms with Crippen LogP contribution in [0.3, 0.4) is 0 Å². The third kappa shape index (κ3) is 3.37. The van der Waals surface area contributed by atoms with E-state index >= 15 is 0 Å². The van der Waals surface area contributed by atoms with Crippen LogP contribution < -0.4 is 11.1 Å². The van der Waals surface area contributed by atoms with E-state index in [1.165, 1.54) is 0 Å². The van der Waals surface area contributed by atoms with Gasteiger partial charge in [-0.05, 0) is 19.8 Å². The van der Waals surface area contributed by atoms with Crippen molar-refractivity contribution in [2.24, 2.45) is 5.73 Å². The lowest BCUT2D eigenvalue weighted by molar-refractivity contribution is -0.121. The van der Waals surface area contributed by atoms with Crippen molar-refractivity contribution in [1.29, 1.82) is 0 Å². The molecular formula is C8H18N2O. The Morgan fingerprint density at radius 3 is 2.18 bits per heavy atom. The molecule has 0 unspecified atom stereocenters. The van der Waals surface area contributed by atoms with Crippen LogP contribution in [0.2, 0.25) is 0 Å². The third-order valence-electron chi connectivity index (χ3n) is 2.19. The molecule has 66 valence electrons. The van der Waals surface area contributed by atoms with Gasteiger partial charge in [-0.2, -0.15) is 0 Å². The number of carbonyl (C=O) groups excluding carboxylic acids is 1. The highest BCUT2D eigenvalue weighted by atomic mass is 16.1. The SMILES string of the molecule is CCC(C)(CC)NC(=O)CN. The Morgan fingerprint density at radius 2 is 1.91 bits per heavy atom. The van der Waals surface area contributed by atoms with Crippen molar-refractivity contribution in [1.82, 2.24) is 5.32 Å². The predicted octanol–water partition coefficient (Wildman–Crippen LogP) is 0.640. The Balaban J connectivity index is 3.96. The maximum absolute atomic E-state index is 10.9. The summed E-state index contributed by atoms with van der Waals surface area (Å²) >= 11 is 0. The minimum atomic E-state index is -0.0730. The van der Waals surface area contributed by atoms with Gasteiger partial charge in [-0.25, -0.2) is 0 Å². The van der Waals surface area contributed by atoms with E-state index in [0.717, 1.165) is 12.8 Å². The predicted molar refractivity (Wildman–Crippen MR) is 46.2 cm³/mol. The molecule has 1 amide bonds. The molecule has 0 aromatic carbocycles. The number of rotatable bonds is 4. The summed E-state index contributed by atoms with van der Waals surface area (Å²) in [6, 6.07) is 0. The van der Waals surface area contributed by atoms with Crippen molar-refractivity contribution >= 4 is 5.91 Å². The van der Waals surface area contributed by atoms with Gasteiger partial charge in [0, 0.05) is 5.54 Å². The number of nitrogens with one attached hydrogen (secondary N) is 1. The molecule has 0 saturated heterocycles. The largest absolute Gasteiger partial charge is 0.350 e. The van der Waals surface area contributed by atoms with Crippen molar-refractivity contribution in [3.63, 3.8) is 0 Å². The fraction of sp³-hybridized carbons (Fsp3) is 0.875. The lowest BCUT2D eigenvalue weighted by Crippen LogP contribution is -2.47. The summed E-state index contributed by atoms with van der Waals surface area (Å²) in [4.78, 5) is 10.9. The van der Waals surface area contributed by atoms with Crippen LogP contribution in [0.1, 0.15) is 33.6 Å². The first-order valence-electron chi connectivity index (χ1n) is 4.09. The molecule has 0 bridgehead atoms. The molecule has 0 heterocycles. The maximum atomic E-state index is 10.9. The number of amides is 1. The Kier molecular flexibility index (Phi) is 4.11. The van der Waals surface area contributed by atoms with Gasteiger partial charge in [0.15, 0.2) is 0 Å². The van der Waals surface area contributed by atoms with Gasteiger partial charge in [0.2, 0.25) is 5.91 Å². The fourth-order valence-electron chi connectivity index (χ4n) is 0.814. The highest BCUT2D eigenvalue weighted by Crippen LogP contribution is 2.12. The Morgan fingerprint density at radius 1 is 1.45 bits per heavy atom. The molecule has 3 N–H and O–H groups in total. The molecule has 0 atom stereocenters. The van der Waals surface area contributed by atoms with Gasteiger partial charge in [-0.15, -0.1) is 0 Å². The normalized spacial score (nSPS) is 11.3. The number of hydrogen-bond donors (Lipinski definition) is 2. The second-order valence-electron chi connectivity index (χ2n) is 3.02. The quantitative estimate of drug-likeness (QED) is 0.631. The highest BCUT2D eigenvalue weighted by molar-refractivity contribution is 5.78. The van der Waals surface area contributed by atoms with Gasteiger partial charge >= 0.3 is 0 Å². The van der Waals surface area contributed by atoms with E-state index in [1.807, 2.05) is 6.92 Å². The molecule has 0 aliphatic heterocycles. The minimum Gasteiger partial charge on any atom is -0.350 e. The Labute approximate surface area is 68.3 Å². The van der Waals surface area contributed by atoms with E-state index in [1.54, 1.807) is 0 Å². The van der Waals surface area contributed by atoms with Crippen LogP contribution in [0.15, 0.2) is 0 Å². The van der Waals surface area contributed by atoms with Gasteiger partial charge in [-0.1, -0.05) is 13.8 Å². The molecule has 0 fully saturated rings. The molecule has 3 heteroatoms. The molecule has 3 nitrogen and oxygen atoms in total. The molecule has 0 spiro atoms. The number of nitrogens with two attached hydrogens (primary N) is 1. The lowest BCUT2D eigenvalue weighted by Gasteiger charge is -2.27. The van der Waals surface area contributed by atoms with E-state index < -0.39 is 0 Å². The lowest BCUT2D eigenvalue weighted by atomic mass is 9.95. The summed E-state index contributed by atoms with van der Waals surface area (Å²) in [5, 5.41) is 2.88. The van der Waals surface area contributed by atoms with E-state index in [9.17, 15) is 4.79 Å². The van der Waals surface area contributed by atoms with Crippen LogP contribution in [-0.4, -0.2) is 18.0 Å². The monoisotopic (exact) mass is 158 g/mol. The summed E-state index contributed by atoms with van der Waals surface area (Å²) in [7, 11) is 0. The van der Waals surface area contributed by atoms with E-state index in [4.69, 9.17) is 5.73 Å². The highest BCUT2D eigenvalue weighted by Gasteiger charge is 2.20. The molecular weight excluding hydrogens is 140 g/mol. The van der Waals surface area contributed by atoms with E-state index in [2.05, 4.69) is 19.2 Å². The van der Waals surface area contributed by atoms with Crippen molar-refractivity contribution in [2.45, 2.75) is 39.2 Å². The average molecular weight is 158 g/mol. The smallest absolute Gasteiger partial charge is 0.234 e. The summed E-state index contributed by atoms with van der Waals surface area (Å²) in [5.74, 6) is -0.0730. The molecule has 0 radical (unpaired) electrons. The zero-order valence-electron chi connectivity index (χ0n) is 7.61. The van der Waals surface area contributed by atoms with Crippen LogP contribution >= 0.6 is 0 Å². The van der Waals surface area contributed by atoms with Crippen molar-refractivity contribution in [3.8, 4) is 0 Å². The molecule has 0 aliphatic rings. The molecule has 0 aromatic heterocycles.